The Hall–Kier alpha value is -1.55. The number of aldehydes is 1. The third-order valence-corrected chi connectivity index (χ3v) is 3.08. The van der Waals surface area contributed by atoms with Gasteiger partial charge >= 0.3 is 0 Å². The molecule has 0 aliphatic rings. The Labute approximate surface area is 96.5 Å². The molecule has 0 unspecified atom stereocenters. The van der Waals surface area contributed by atoms with Crippen LogP contribution < -0.4 is 0 Å². The summed E-state index contributed by atoms with van der Waals surface area (Å²) < 4.78 is 18.4. The summed E-state index contributed by atoms with van der Waals surface area (Å²) in [5.41, 5.74) is 0. The number of halogens is 1. The summed E-state index contributed by atoms with van der Waals surface area (Å²) in [6.07, 6.45) is 0.650. The fourth-order valence-corrected chi connectivity index (χ4v) is 2.08. The number of benzene rings is 1. The molecule has 4 heteroatoms. The van der Waals surface area contributed by atoms with Gasteiger partial charge in [0.25, 0.3) is 0 Å². The Kier molecular flexibility index (Phi) is 3.41. The normalized spacial score (nSPS) is 10.3. The van der Waals surface area contributed by atoms with Gasteiger partial charge in [0.1, 0.15) is 11.6 Å². The molecule has 1 heterocycles. The van der Waals surface area contributed by atoms with Gasteiger partial charge in [0.05, 0.1) is 5.75 Å². The van der Waals surface area contributed by atoms with Crippen LogP contribution in [-0.2, 0) is 5.75 Å². The molecule has 0 radical (unpaired) electrons. The van der Waals surface area contributed by atoms with Crippen LogP contribution in [0.4, 0.5) is 4.39 Å². The van der Waals surface area contributed by atoms with Crippen LogP contribution in [-0.4, -0.2) is 6.29 Å². The smallest absolute Gasteiger partial charge is 0.185 e. The van der Waals surface area contributed by atoms with Gasteiger partial charge < -0.3 is 4.42 Å². The third kappa shape index (κ3) is 2.52. The highest BCUT2D eigenvalue weighted by molar-refractivity contribution is 7.98. The molecule has 0 saturated carbocycles. The molecule has 1 aromatic carbocycles. The van der Waals surface area contributed by atoms with E-state index in [9.17, 15) is 9.18 Å². The summed E-state index contributed by atoms with van der Waals surface area (Å²) in [5.74, 6) is 1.23. The molecule has 0 bridgehead atoms. The van der Waals surface area contributed by atoms with E-state index in [2.05, 4.69) is 0 Å². The third-order valence-electron chi connectivity index (χ3n) is 2.01. The van der Waals surface area contributed by atoms with Gasteiger partial charge in [0.2, 0.25) is 0 Å². The topological polar surface area (TPSA) is 30.2 Å². The first kappa shape index (κ1) is 11.0. The summed E-state index contributed by atoms with van der Waals surface area (Å²) in [7, 11) is 0. The first-order chi connectivity index (χ1) is 7.79. The van der Waals surface area contributed by atoms with E-state index >= 15 is 0 Å². The van der Waals surface area contributed by atoms with Gasteiger partial charge in [-0.15, -0.1) is 11.8 Å². The first-order valence-electron chi connectivity index (χ1n) is 4.71. The highest BCUT2D eigenvalue weighted by atomic mass is 32.2. The molecule has 0 fully saturated rings. The van der Waals surface area contributed by atoms with Crippen LogP contribution in [0, 0.1) is 5.82 Å². The van der Waals surface area contributed by atoms with Crippen LogP contribution in [0.15, 0.2) is 45.7 Å². The van der Waals surface area contributed by atoms with Gasteiger partial charge in [0, 0.05) is 4.90 Å². The van der Waals surface area contributed by atoms with Crippen molar-refractivity contribution in [2.75, 3.05) is 0 Å². The van der Waals surface area contributed by atoms with Crippen molar-refractivity contribution in [3.05, 3.63) is 53.7 Å². The van der Waals surface area contributed by atoms with Crippen LogP contribution in [0.1, 0.15) is 16.3 Å². The number of carbonyl (C=O) groups excluding carboxylic acids is 1. The van der Waals surface area contributed by atoms with Crippen molar-refractivity contribution >= 4 is 18.0 Å². The average Bonchev–Trinajstić information content (AvgIpc) is 2.76. The SMILES string of the molecule is O=Cc1ccc(CSc2ccccc2F)o1. The van der Waals surface area contributed by atoms with Gasteiger partial charge in [-0.05, 0) is 24.3 Å². The molecule has 16 heavy (non-hydrogen) atoms. The fraction of sp³-hybridized carbons (Fsp3) is 0.0833. The molecule has 0 amide bonds. The highest BCUT2D eigenvalue weighted by Crippen LogP contribution is 2.25. The maximum atomic E-state index is 13.3. The highest BCUT2D eigenvalue weighted by Gasteiger charge is 2.05. The second-order valence-electron chi connectivity index (χ2n) is 3.14. The van der Waals surface area contributed by atoms with E-state index in [0.717, 1.165) is 0 Å². The molecule has 0 saturated heterocycles. The number of carbonyl (C=O) groups is 1. The largest absolute Gasteiger partial charge is 0.457 e. The van der Waals surface area contributed by atoms with Crippen LogP contribution in [0.25, 0.3) is 0 Å². The van der Waals surface area contributed by atoms with Crippen molar-refractivity contribution in [1.82, 2.24) is 0 Å². The second-order valence-corrected chi connectivity index (χ2v) is 4.16. The quantitative estimate of drug-likeness (QED) is 0.601. The summed E-state index contributed by atoms with van der Waals surface area (Å²) in [5, 5.41) is 0. The Morgan fingerprint density at radius 1 is 1.25 bits per heavy atom. The van der Waals surface area contributed by atoms with E-state index in [1.165, 1.54) is 17.8 Å². The maximum absolute atomic E-state index is 13.3. The lowest BCUT2D eigenvalue weighted by molar-refractivity contribution is 0.109. The zero-order chi connectivity index (χ0) is 11.4. The van der Waals surface area contributed by atoms with Gasteiger partial charge in [-0.3, -0.25) is 4.79 Å². The molecule has 2 rings (SSSR count). The Bertz CT molecular complexity index is 493. The van der Waals surface area contributed by atoms with Crippen LogP contribution in [0.2, 0.25) is 0 Å². The maximum Gasteiger partial charge on any atom is 0.185 e. The Morgan fingerprint density at radius 2 is 2.06 bits per heavy atom. The molecule has 0 aliphatic heterocycles. The van der Waals surface area contributed by atoms with Crippen LogP contribution in [0.5, 0.6) is 0 Å². The monoisotopic (exact) mass is 236 g/mol. The lowest BCUT2D eigenvalue weighted by atomic mass is 10.3. The van der Waals surface area contributed by atoms with E-state index in [0.29, 0.717) is 28.5 Å². The van der Waals surface area contributed by atoms with Crippen LogP contribution >= 0.6 is 11.8 Å². The van der Waals surface area contributed by atoms with E-state index < -0.39 is 0 Å². The summed E-state index contributed by atoms with van der Waals surface area (Å²) in [6, 6.07) is 9.88. The number of hydrogen-bond acceptors (Lipinski definition) is 3. The predicted molar refractivity (Wildman–Crippen MR) is 60.1 cm³/mol. The minimum absolute atomic E-state index is 0.241. The minimum Gasteiger partial charge on any atom is -0.457 e. The molecular weight excluding hydrogens is 227 g/mol. The first-order valence-corrected chi connectivity index (χ1v) is 5.69. The van der Waals surface area contributed by atoms with Crippen molar-refractivity contribution in [1.29, 1.82) is 0 Å². The summed E-state index contributed by atoms with van der Waals surface area (Å²) >= 11 is 1.34. The molecule has 0 N–H and O–H groups in total. The lowest BCUT2D eigenvalue weighted by Crippen LogP contribution is -1.81. The van der Waals surface area contributed by atoms with Crippen molar-refractivity contribution in [2.45, 2.75) is 10.6 Å². The van der Waals surface area contributed by atoms with E-state index in [4.69, 9.17) is 4.42 Å². The average molecular weight is 236 g/mol. The Balaban J connectivity index is 2.02. The zero-order valence-corrected chi connectivity index (χ0v) is 9.17. The molecule has 0 aliphatic carbocycles. The fourth-order valence-electron chi connectivity index (χ4n) is 1.25. The van der Waals surface area contributed by atoms with Gasteiger partial charge in [-0.25, -0.2) is 4.39 Å². The zero-order valence-electron chi connectivity index (χ0n) is 8.35. The standard InChI is InChI=1S/C12H9FO2S/c13-11-3-1-2-4-12(11)16-8-10-6-5-9(7-14)15-10/h1-7H,8H2. The molecule has 1 aromatic heterocycles. The van der Waals surface area contributed by atoms with Crippen molar-refractivity contribution in [3.63, 3.8) is 0 Å². The van der Waals surface area contributed by atoms with E-state index in [-0.39, 0.29) is 5.82 Å². The van der Waals surface area contributed by atoms with Crippen LogP contribution in [0.3, 0.4) is 0 Å². The van der Waals surface area contributed by atoms with Gasteiger partial charge in [-0.2, -0.15) is 0 Å². The summed E-state index contributed by atoms with van der Waals surface area (Å²) in [6.45, 7) is 0. The molecule has 2 aromatic rings. The number of thioether (sulfide) groups is 1. The predicted octanol–water partition coefficient (Wildman–Crippen LogP) is 3.52. The van der Waals surface area contributed by atoms with E-state index in [1.54, 1.807) is 30.3 Å². The Morgan fingerprint density at radius 3 is 2.75 bits per heavy atom. The van der Waals surface area contributed by atoms with Crippen molar-refractivity contribution in [3.8, 4) is 0 Å². The minimum atomic E-state index is -0.241. The van der Waals surface area contributed by atoms with Crippen molar-refractivity contribution in [2.24, 2.45) is 0 Å². The number of furan rings is 1. The molecular formula is C12H9FO2S. The number of rotatable bonds is 4. The van der Waals surface area contributed by atoms with Gasteiger partial charge in [0.15, 0.2) is 12.0 Å². The summed E-state index contributed by atoms with van der Waals surface area (Å²) in [4.78, 5) is 11.0. The molecule has 0 spiro atoms. The molecule has 0 atom stereocenters. The lowest BCUT2D eigenvalue weighted by Gasteiger charge is -2.00. The van der Waals surface area contributed by atoms with Gasteiger partial charge in [-0.1, -0.05) is 12.1 Å². The second kappa shape index (κ2) is 4.99. The van der Waals surface area contributed by atoms with E-state index in [1.807, 2.05) is 0 Å². The molecule has 82 valence electrons. The molecule has 2 nitrogen and oxygen atoms in total. The number of hydrogen-bond donors (Lipinski definition) is 0. The van der Waals surface area contributed by atoms with Crippen molar-refractivity contribution < 1.29 is 13.6 Å².